The van der Waals surface area contributed by atoms with Gasteiger partial charge in [-0.1, -0.05) is 12.8 Å². The molecule has 0 aromatic carbocycles. The minimum Gasteiger partial charge on any atom is -0.375 e. The molecular weight excluding hydrogens is 292 g/mol. The minimum absolute atomic E-state index is 0.000253. The Bertz CT molecular complexity index is 605. The van der Waals surface area contributed by atoms with Gasteiger partial charge in [-0.05, 0) is 25.0 Å². The van der Waals surface area contributed by atoms with Gasteiger partial charge in [0.15, 0.2) is 5.03 Å². The monoisotopic (exact) mass is 312 g/mol. The van der Waals surface area contributed by atoms with Crippen LogP contribution in [0.2, 0.25) is 0 Å². The van der Waals surface area contributed by atoms with Gasteiger partial charge in [0.25, 0.3) is 10.0 Å². The lowest BCUT2D eigenvalue weighted by molar-refractivity contribution is -0.0586. The number of nitrogens with zero attached hydrogens (tertiary/aromatic N) is 2. The van der Waals surface area contributed by atoms with E-state index in [9.17, 15) is 8.42 Å². The first kappa shape index (κ1) is 14.7. The fourth-order valence-corrected chi connectivity index (χ4v) is 4.91. The van der Waals surface area contributed by atoms with Gasteiger partial charge < -0.3 is 10.2 Å². The van der Waals surface area contributed by atoms with Crippen LogP contribution in [0.1, 0.15) is 25.7 Å². The molecule has 1 aliphatic heterocycles. The van der Waals surface area contributed by atoms with Gasteiger partial charge in [0.2, 0.25) is 0 Å². The van der Waals surface area contributed by atoms with E-state index in [2.05, 4.69) is 10.4 Å². The van der Waals surface area contributed by atoms with Gasteiger partial charge in [-0.25, -0.2) is 13.4 Å². The summed E-state index contributed by atoms with van der Waals surface area (Å²) in [6.45, 7) is 0.794. The summed E-state index contributed by atoms with van der Waals surface area (Å²) in [6.07, 6.45) is 5.34. The first-order chi connectivity index (χ1) is 10.1. The third-order valence-corrected chi connectivity index (χ3v) is 6.05. The van der Waals surface area contributed by atoms with Crippen LogP contribution < -0.4 is 11.3 Å². The van der Waals surface area contributed by atoms with Gasteiger partial charge in [-0.15, -0.1) is 0 Å². The van der Waals surface area contributed by atoms with E-state index in [1.165, 1.54) is 6.20 Å². The van der Waals surface area contributed by atoms with Crippen molar-refractivity contribution in [1.82, 2.24) is 9.29 Å². The topological polar surface area (TPSA) is 97.5 Å². The van der Waals surface area contributed by atoms with Crippen molar-refractivity contribution in [2.75, 3.05) is 18.6 Å². The molecule has 8 heteroatoms. The summed E-state index contributed by atoms with van der Waals surface area (Å²) in [5.41, 5.74) is 2.73. The van der Waals surface area contributed by atoms with Crippen molar-refractivity contribution < 1.29 is 13.2 Å². The standard InChI is InChI=1S/C13H20N4O3S/c14-16-10-4-3-7-15-13(10)21(18,19)17-8-9-20-12-6-2-1-5-11(12)17/h3-4,7,11-12,16H,1-2,5-6,8-9,14H2. The number of hydrogen-bond donors (Lipinski definition) is 2. The molecule has 3 N–H and O–H groups in total. The van der Waals surface area contributed by atoms with Crippen LogP contribution in [0, 0.1) is 0 Å². The van der Waals surface area contributed by atoms with Crippen LogP contribution in [-0.4, -0.2) is 43.0 Å². The predicted octanol–water partition coefficient (Wildman–Crippen LogP) is 0.699. The molecule has 2 fully saturated rings. The number of morpholine rings is 1. The number of aromatic nitrogens is 1. The zero-order chi connectivity index (χ0) is 14.9. The molecule has 2 heterocycles. The van der Waals surface area contributed by atoms with Gasteiger partial charge in [0.1, 0.15) is 0 Å². The van der Waals surface area contributed by atoms with Crippen LogP contribution in [0.25, 0.3) is 0 Å². The summed E-state index contributed by atoms with van der Waals surface area (Å²) in [5.74, 6) is 5.41. The fourth-order valence-electron chi connectivity index (χ4n) is 3.18. The summed E-state index contributed by atoms with van der Waals surface area (Å²) in [5, 5.41) is -0.0151. The average molecular weight is 312 g/mol. The Kier molecular flexibility index (Phi) is 4.12. The number of nitrogen functional groups attached to an aromatic ring is 1. The first-order valence-electron chi connectivity index (χ1n) is 7.19. The molecule has 1 aromatic rings. The van der Waals surface area contributed by atoms with E-state index in [0.717, 1.165) is 25.7 Å². The summed E-state index contributed by atoms with van der Waals surface area (Å²) >= 11 is 0. The van der Waals surface area contributed by atoms with E-state index in [1.54, 1.807) is 16.4 Å². The SMILES string of the molecule is NNc1cccnc1S(=O)(=O)N1CCOC2CCCCC21. The van der Waals surface area contributed by atoms with Crippen molar-refractivity contribution in [2.45, 2.75) is 42.9 Å². The zero-order valence-corrected chi connectivity index (χ0v) is 12.6. The maximum atomic E-state index is 12.9. The molecule has 0 bridgehead atoms. The largest absolute Gasteiger partial charge is 0.375 e. The van der Waals surface area contributed by atoms with Crippen LogP contribution >= 0.6 is 0 Å². The Balaban J connectivity index is 1.96. The summed E-state index contributed by atoms with van der Waals surface area (Å²) < 4.78 is 33.1. The second-order valence-corrected chi connectivity index (χ2v) is 7.18. The summed E-state index contributed by atoms with van der Waals surface area (Å²) in [7, 11) is -3.68. The van der Waals surface area contributed by atoms with Crippen molar-refractivity contribution in [2.24, 2.45) is 5.84 Å². The van der Waals surface area contributed by atoms with E-state index < -0.39 is 10.0 Å². The third kappa shape index (κ3) is 2.64. The molecule has 1 aliphatic carbocycles. The Morgan fingerprint density at radius 1 is 1.38 bits per heavy atom. The molecule has 0 spiro atoms. The normalized spacial score (nSPS) is 27.1. The first-order valence-corrected chi connectivity index (χ1v) is 8.63. The lowest BCUT2D eigenvalue weighted by atomic mass is 9.91. The van der Waals surface area contributed by atoms with Crippen molar-refractivity contribution in [3.05, 3.63) is 18.3 Å². The second kappa shape index (κ2) is 5.88. The van der Waals surface area contributed by atoms with Crippen LogP contribution in [0.5, 0.6) is 0 Å². The quantitative estimate of drug-likeness (QED) is 0.630. The summed E-state index contributed by atoms with van der Waals surface area (Å²) in [6, 6.07) is 3.17. The molecule has 1 aromatic heterocycles. The highest BCUT2D eigenvalue weighted by Crippen LogP contribution is 2.33. The van der Waals surface area contributed by atoms with Gasteiger partial charge >= 0.3 is 0 Å². The summed E-state index contributed by atoms with van der Waals surface area (Å²) in [4.78, 5) is 4.02. The zero-order valence-electron chi connectivity index (χ0n) is 11.7. The number of hydrazine groups is 1. The van der Waals surface area contributed by atoms with E-state index in [1.807, 2.05) is 0 Å². The van der Waals surface area contributed by atoms with Crippen LogP contribution in [0.15, 0.2) is 23.4 Å². The van der Waals surface area contributed by atoms with Gasteiger partial charge in [0.05, 0.1) is 24.4 Å². The molecule has 7 nitrogen and oxygen atoms in total. The van der Waals surface area contributed by atoms with E-state index in [-0.39, 0.29) is 17.2 Å². The van der Waals surface area contributed by atoms with E-state index in [0.29, 0.717) is 18.8 Å². The Labute approximate surface area is 124 Å². The third-order valence-electron chi connectivity index (χ3n) is 4.16. The molecule has 2 unspecified atom stereocenters. The highest BCUT2D eigenvalue weighted by molar-refractivity contribution is 7.89. The number of nitrogens with two attached hydrogens (primary N) is 1. The van der Waals surface area contributed by atoms with Crippen LogP contribution in [0.3, 0.4) is 0 Å². The Morgan fingerprint density at radius 3 is 3.00 bits per heavy atom. The number of rotatable bonds is 3. The molecule has 0 amide bonds. The molecule has 1 saturated carbocycles. The van der Waals surface area contributed by atoms with E-state index in [4.69, 9.17) is 10.6 Å². The van der Waals surface area contributed by atoms with Crippen LogP contribution in [0.4, 0.5) is 5.69 Å². The molecule has 2 atom stereocenters. The number of anilines is 1. The molecule has 21 heavy (non-hydrogen) atoms. The highest BCUT2D eigenvalue weighted by atomic mass is 32.2. The number of sulfonamides is 1. The van der Waals surface area contributed by atoms with E-state index >= 15 is 0 Å². The smallest absolute Gasteiger partial charge is 0.263 e. The predicted molar refractivity (Wildman–Crippen MR) is 77.9 cm³/mol. The number of pyridine rings is 1. The van der Waals surface area contributed by atoms with Crippen LogP contribution in [-0.2, 0) is 14.8 Å². The molecule has 0 radical (unpaired) electrons. The second-order valence-electron chi connectivity index (χ2n) is 5.38. The van der Waals surface area contributed by atoms with Gasteiger partial charge in [0, 0.05) is 12.7 Å². The van der Waals surface area contributed by atoms with Crippen molar-refractivity contribution in [3.8, 4) is 0 Å². The Morgan fingerprint density at radius 2 is 2.19 bits per heavy atom. The lowest BCUT2D eigenvalue weighted by Crippen LogP contribution is -2.54. The van der Waals surface area contributed by atoms with Gasteiger partial charge in [-0.2, -0.15) is 4.31 Å². The number of nitrogens with one attached hydrogen (secondary N) is 1. The van der Waals surface area contributed by atoms with Crippen molar-refractivity contribution >= 4 is 15.7 Å². The molecule has 2 aliphatic rings. The molecular formula is C13H20N4O3S. The number of hydrogen-bond acceptors (Lipinski definition) is 6. The molecule has 116 valence electrons. The fraction of sp³-hybridized carbons (Fsp3) is 0.615. The van der Waals surface area contributed by atoms with Crippen molar-refractivity contribution in [3.63, 3.8) is 0 Å². The molecule has 3 rings (SSSR count). The number of ether oxygens (including phenoxy) is 1. The lowest BCUT2D eigenvalue weighted by Gasteiger charge is -2.42. The minimum atomic E-state index is -3.68. The number of fused-ring (bicyclic) bond motifs is 1. The highest BCUT2D eigenvalue weighted by Gasteiger charge is 2.42. The van der Waals surface area contributed by atoms with Crippen molar-refractivity contribution in [1.29, 1.82) is 0 Å². The average Bonchev–Trinajstić information content (AvgIpc) is 2.54. The maximum absolute atomic E-state index is 12.9. The molecule has 1 saturated heterocycles. The van der Waals surface area contributed by atoms with Gasteiger partial charge in [-0.3, -0.25) is 5.84 Å². The Hall–Kier alpha value is -1.22. The maximum Gasteiger partial charge on any atom is 0.263 e.